The van der Waals surface area contributed by atoms with E-state index in [0.717, 1.165) is 18.4 Å². The molecule has 0 aliphatic carbocycles. The van der Waals surface area contributed by atoms with Crippen molar-refractivity contribution in [3.8, 4) is 0 Å². The standard InChI is InChI=1S/C14H17BrN2O9/c1-6-4-17(14(21)16-12(6)20)13-10(15)11(26-25-8(3)19)9(23-13)5-22-24-7(2)18/h4,9-11,13H,5H2,1-3H3,(H,16,20,21)/t9-,10?,11?,13-/m0/s1. The SMILES string of the molecule is CC(=O)OOC[C@@H]1O[C@H](n2cc(C)c(=O)[nH]c2=O)C(Br)C1OOC(C)=O. The van der Waals surface area contributed by atoms with E-state index in [1.54, 1.807) is 0 Å². The minimum atomic E-state index is -0.912. The third kappa shape index (κ3) is 4.78. The third-order valence-corrected chi connectivity index (χ3v) is 4.35. The van der Waals surface area contributed by atoms with Crippen molar-refractivity contribution >= 4 is 27.9 Å². The molecule has 1 aromatic heterocycles. The van der Waals surface area contributed by atoms with E-state index in [-0.39, 0.29) is 6.61 Å². The Hall–Kier alpha value is -2.02. The van der Waals surface area contributed by atoms with Crippen molar-refractivity contribution in [3.63, 3.8) is 0 Å². The van der Waals surface area contributed by atoms with Crippen LogP contribution in [0, 0.1) is 6.92 Å². The van der Waals surface area contributed by atoms with Crippen LogP contribution >= 0.6 is 15.9 Å². The van der Waals surface area contributed by atoms with E-state index in [2.05, 4.69) is 30.7 Å². The second kappa shape index (κ2) is 8.58. The summed E-state index contributed by atoms with van der Waals surface area (Å²) in [4.78, 5) is 65.7. The Kier molecular flexibility index (Phi) is 6.69. The molecule has 2 rings (SSSR count). The number of ether oxygens (including phenoxy) is 1. The van der Waals surface area contributed by atoms with Gasteiger partial charge in [-0.05, 0) is 6.92 Å². The zero-order valence-electron chi connectivity index (χ0n) is 14.1. The van der Waals surface area contributed by atoms with Crippen LogP contribution in [-0.2, 0) is 33.9 Å². The van der Waals surface area contributed by atoms with Gasteiger partial charge in [0.05, 0.1) is 4.83 Å². The van der Waals surface area contributed by atoms with E-state index in [1.807, 2.05) is 0 Å². The summed E-state index contributed by atoms with van der Waals surface area (Å²) in [5.41, 5.74) is -0.911. The number of hydrogen-bond donors (Lipinski definition) is 1. The van der Waals surface area contributed by atoms with Gasteiger partial charge in [-0.2, -0.15) is 9.78 Å². The second-order valence-corrected chi connectivity index (χ2v) is 6.54. The van der Waals surface area contributed by atoms with Crippen LogP contribution in [0.5, 0.6) is 0 Å². The van der Waals surface area contributed by atoms with Crippen LogP contribution < -0.4 is 11.2 Å². The monoisotopic (exact) mass is 436 g/mol. The molecule has 1 aromatic rings. The molecule has 2 unspecified atom stereocenters. The average molecular weight is 437 g/mol. The molecule has 11 nitrogen and oxygen atoms in total. The Balaban J connectivity index is 2.24. The van der Waals surface area contributed by atoms with Crippen molar-refractivity contribution in [3.05, 3.63) is 32.6 Å². The maximum Gasteiger partial charge on any atom is 0.339 e. The van der Waals surface area contributed by atoms with Gasteiger partial charge >= 0.3 is 17.6 Å². The highest BCUT2D eigenvalue weighted by Gasteiger charge is 2.47. The summed E-state index contributed by atoms with van der Waals surface area (Å²) in [7, 11) is 0. The first kappa shape index (κ1) is 20.3. The number of carbonyl (C=O) groups is 2. The molecule has 1 N–H and O–H groups in total. The molecule has 1 aliphatic heterocycles. The zero-order chi connectivity index (χ0) is 19.4. The van der Waals surface area contributed by atoms with Gasteiger partial charge in [-0.15, -0.1) is 0 Å². The summed E-state index contributed by atoms with van der Waals surface area (Å²) in [5, 5.41) is 0. The van der Waals surface area contributed by atoms with Crippen LogP contribution in [0.15, 0.2) is 15.8 Å². The number of rotatable bonds is 6. The fraction of sp³-hybridized carbons (Fsp3) is 0.571. The number of nitrogens with zero attached hydrogens (tertiary/aromatic N) is 1. The van der Waals surface area contributed by atoms with Gasteiger partial charge in [0.1, 0.15) is 12.7 Å². The van der Waals surface area contributed by atoms with Crippen LogP contribution in [0.1, 0.15) is 25.6 Å². The molecule has 1 fully saturated rings. The van der Waals surface area contributed by atoms with Crippen molar-refractivity contribution in [2.45, 2.75) is 44.0 Å². The minimum absolute atomic E-state index is 0.249. The Labute approximate surface area is 155 Å². The van der Waals surface area contributed by atoms with E-state index in [9.17, 15) is 19.2 Å². The molecule has 0 spiro atoms. The van der Waals surface area contributed by atoms with E-state index in [4.69, 9.17) is 14.5 Å². The fourth-order valence-corrected chi connectivity index (χ4v) is 3.06. The second-order valence-electron chi connectivity index (χ2n) is 5.48. The highest BCUT2D eigenvalue weighted by molar-refractivity contribution is 9.09. The molecule has 0 saturated carbocycles. The predicted molar refractivity (Wildman–Crippen MR) is 87.0 cm³/mol. The van der Waals surface area contributed by atoms with Crippen molar-refractivity contribution < 1.29 is 33.9 Å². The van der Waals surface area contributed by atoms with Gasteiger partial charge < -0.3 is 4.74 Å². The van der Waals surface area contributed by atoms with Crippen LogP contribution in [0.25, 0.3) is 0 Å². The number of aryl methyl sites for hydroxylation is 1. The fourth-order valence-electron chi connectivity index (χ4n) is 2.25. The molecule has 4 atom stereocenters. The Morgan fingerprint density at radius 3 is 2.54 bits per heavy atom. The molecule has 144 valence electrons. The summed E-state index contributed by atoms with van der Waals surface area (Å²) in [5.74, 6) is -1.36. The van der Waals surface area contributed by atoms with Crippen LogP contribution in [0.2, 0.25) is 0 Å². The number of H-pyrrole nitrogens is 1. The maximum atomic E-state index is 12.1. The quantitative estimate of drug-likeness (QED) is 0.367. The number of carbonyl (C=O) groups excluding carboxylic acids is 2. The average Bonchev–Trinajstić information content (AvgIpc) is 2.84. The van der Waals surface area contributed by atoms with Gasteiger partial charge in [-0.25, -0.2) is 14.4 Å². The molecule has 0 amide bonds. The lowest BCUT2D eigenvalue weighted by Crippen LogP contribution is -2.37. The van der Waals surface area contributed by atoms with Crippen LogP contribution in [0.3, 0.4) is 0 Å². The number of nitrogens with one attached hydrogen (secondary N) is 1. The lowest BCUT2D eigenvalue weighted by atomic mass is 10.2. The molecule has 1 saturated heterocycles. The molecule has 0 aromatic carbocycles. The number of alkyl halides is 1. The molecule has 2 heterocycles. The summed E-state index contributed by atoms with van der Waals surface area (Å²) in [6.45, 7) is 3.58. The van der Waals surface area contributed by atoms with Crippen molar-refractivity contribution in [1.82, 2.24) is 9.55 Å². The highest BCUT2D eigenvalue weighted by Crippen LogP contribution is 2.36. The smallest absolute Gasteiger partial charge is 0.339 e. The molecule has 0 radical (unpaired) electrons. The molecular formula is C14H17BrN2O9. The van der Waals surface area contributed by atoms with Crippen molar-refractivity contribution in [2.75, 3.05) is 6.61 Å². The summed E-state index contributed by atoms with van der Waals surface area (Å²) >= 11 is 3.34. The van der Waals surface area contributed by atoms with E-state index in [1.165, 1.54) is 13.1 Å². The predicted octanol–water partition coefficient (Wildman–Crippen LogP) is -0.136. The molecule has 12 heteroatoms. The number of aromatic nitrogens is 2. The maximum absolute atomic E-state index is 12.1. The molecule has 26 heavy (non-hydrogen) atoms. The number of halogens is 1. The zero-order valence-corrected chi connectivity index (χ0v) is 15.7. The molecule has 0 bridgehead atoms. The van der Waals surface area contributed by atoms with Crippen LogP contribution in [-0.4, -0.2) is 45.1 Å². The number of aromatic amines is 1. The third-order valence-electron chi connectivity index (χ3n) is 3.37. The summed E-state index contributed by atoms with van der Waals surface area (Å²) in [6.07, 6.45) is -1.33. The summed E-state index contributed by atoms with van der Waals surface area (Å²) in [6, 6.07) is 0. The van der Waals surface area contributed by atoms with Gasteiger partial charge in [-0.3, -0.25) is 24.1 Å². The van der Waals surface area contributed by atoms with Crippen molar-refractivity contribution in [1.29, 1.82) is 0 Å². The molecular weight excluding hydrogens is 420 g/mol. The van der Waals surface area contributed by atoms with Crippen molar-refractivity contribution in [2.24, 2.45) is 0 Å². The molecule has 1 aliphatic rings. The minimum Gasteiger partial charge on any atom is -0.348 e. The topological polar surface area (TPSA) is 135 Å². The van der Waals surface area contributed by atoms with Gasteiger partial charge in [0.15, 0.2) is 12.3 Å². The van der Waals surface area contributed by atoms with Crippen LogP contribution in [0.4, 0.5) is 0 Å². The number of hydrogen-bond acceptors (Lipinski definition) is 9. The van der Waals surface area contributed by atoms with E-state index in [0.29, 0.717) is 5.56 Å². The summed E-state index contributed by atoms with van der Waals surface area (Å²) < 4.78 is 6.88. The van der Waals surface area contributed by atoms with Gasteiger partial charge in [0.2, 0.25) is 0 Å². The van der Waals surface area contributed by atoms with Gasteiger partial charge in [0, 0.05) is 25.6 Å². The Bertz CT molecular complexity index is 789. The highest BCUT2D eigenvalue weighted by atomic mass is 79.9. The first-order chi connectivity index (χ1) is 12.2. The lowest BCUT2D eigenvalue weighted by molar-refractivity contribution is -0.319. The van der Waals surface area contributed by atoms with Gasteiger partial charge in [0.25, 0.3) is 5.56 Å². The van der Waals surface area contributed by atoms with E-state index >= 15 is 0 Å². The Morgan fingerprint density at radius 1 is 1.27 bits per heavy atom. The van der Waals surface area contributed by atoms with Gasteiger partial charge in [-0.1, -0.05) is 15.9 Å². The largest absolute Gasteiger partial charge is 0.348 e. The lowest BCUT2D eigenvalue weighted by Gasteiger charge is -2.18. The Morgan fingerprint density at radius 2 is 1.92 bits per heavy atom. The first-order valence-electron chi connectivity index (χ1n) is 7.46. The first-order valence-corrected chi connectivity index (χ1v) is 8.37. The van der Waals surface area contributed by atoms with E-state index < -0.39 is 46.5 Å². The normalized spacial score (nSPS) is 25.1.